The van der Waals surface area contributed by atoms with E-state index >= 15 is 0 Å². The van der Waals surface area contributed by atoms with Gasteiger partial charge in [0.05, 0.1) is 13.7 Å². The quantitative estimate of drug-likeness (QED) is 0.678. The zero-order valence-electron chi connectivity index (χ0n) is 15.3. The van der Waals surface area contributed by atoms with E-state index in [1.54, 1.807) is 12.1 Å². The second-order valence-electron chi connectivity index (χ2n) is 6.98. The van der Waals surface area contributed by atoms with Crippen molar-refractivity contribution >= 4 is 11.9 Å². The van der Waals surface area contributed by atoms with E-state index in [1.165, 1.54) is 25.0 Å². The Morgan fingerprint density at radius 2 is 2.00 bits per heavy atom. The van der Waals surface area contributed by atoms with E-state index in [9.17, 15) is 18.4 Å². The molecule has 0 spiro atoms. The van der Waals surface area contributed by atoms with Crippen LogP contribution in [0.1, 0.15) is 37.7 Å². The third kappa shape index (κ3) is 4.67. The van der Waals surface area contributed by atoms with Gasteiger partial charge >= 0.3 is 12.6 Å². The Bertz CT molecular complexity index is 707. The summed E-state index contributed by atoms with van der Waals surface area (Å²) in [5.74, 6) is -0.0967. The molecule has 8 heteroatoms. The van der Waals surface area contributed by atoms with E-state index in [0.717, 1.165) is 18.4 Å². The Morgan fingerprint density at radius 1 is 1.26 bits per heavy atom. The Balaban J connectivity index is 1.81. The summed E-state index contributed by atoms with van der Waals surface area (Å²) in [5, 5.41) is 0. The molecule has 0 radical (unpaired) electrons. The van der Waals surface area contributed by atoms with Crippen molar-refractivity contribution in [3.63, 3.8) is 0 Å². The topological polar surface area (TPSA) is 65.1 Å². The third-order valence-corrected chi connectivity index (χ3v) is 5.01. The van der Waals surface area contributed by atoms with Crippen molar-refractivity contribution < 1.29 is 32.6 Å². The number of esters is 1. The van der Waals surface area contributed by atoms with Crippen LogP contribution in [0.4, 0.5) is 8.78 Å². The van der Waals surface area contributed by atoms with Crippen molar-refractivity contribution in [2.24, 2.45) is 5.92 Å². The number of alkyl halides is 2. The summed E-state index contributed by atoms with van der Waals surface area (Å²) in [6, 6.07) is 4.14. The van der Waals surface area contributed by atoms with Crippen LogP contribution in [-0.2, 0) is 14.3 Å². The maximum atomic E-state index is 12.7. The van der Waals surface area contributed by atoms with Crippen molar-refractivity contribution in [2.45, 2.75) is 44.8 Å². The molecule has 1 heterocycles. The lowest BCUT2D eigenvalue weighted by Gasteiger charge is -2.20. The number of likely N-dealkylation sites (tertiary alicyclic amines) is 1. The van der Waals surface area contributed by atoms with E-state index in [2.05, 4.69) is 4.74 Å². The number of methoxy groups -OCH3 is 1. The third-order valence-electron chi connectivity index (χ3n) is 5.01. The number of carbonyl (C=O) groups excluding carboxylic acids is 2. The molecule has 2 atom stereocenters. The minimum absolute atomic E-state index is 0.0136. The van der Waals surface area contributed by atoms with E-state index in [-0.39, 0.29) is 23.3 Å². The second kappa shape index (κ2) is 8.10. The van der Waals surface area contributed by atoms with Crippen LogP contribution < -0.4 is 9.47 Å². The van der Waals surface area contributed by atoms with E-state index in [0.29, 0.717) is 25.5 Å². The maximum Gasteiger partial charge on any atom is 0.387 e. The second-order valence-corrected chi connectivity index (χ2v) is 6.98. The zero-order chi connectivity index (χ0) is 19.6. The summed E-state index contributed by atoms with van der Waals surface area (Å²) >= 11 is 0. The maximum absolute atomic E-state index is 12.7. The number of hydrogen-bond acceptors (Lipinski definition) is 5. The Labute approximate surface area is 156 Å². The molecule has 2 aliphatic rings. The molecule has 0 aromatic heterocycles. The molecule has 27 heavy (non-hydrogen) atoms. The van der Waals surface area contributed by atoms with Crippen LogP contribution in [0.5, 0.6) is 11.5 Å². The van der Waals surface area contributed by atoms with Gasteiger partial charge in [-0.15, -0.1) is 0 Å². The molecule has 1 amide bonds. The molecule has 1 aliphatic heterocycles. The molecule has 1 saturated heterocycles. The number of halogens is 2. The molecule has 1 aliphatic carbocycles. The van der Waals surface area contributed by atoms with Gasteiger partial charge < -0.3 is 19.1 Å². The number of amides is 1. The van der Waals surface area contributed by atoms with Gasteiger partial charge in [0.25, 0.3) is 0 Å². The van der Waals surface area contributed by atoms with Crippen molar-refractivity contribution in [3.8, 4) is 11.5 Å². The summed E-state index contributed by atoms with van der Waals surface area (Å²) in [6.07, 6.45) is 2.55. The highest BCUT2D eigenvalue weighted by atomic mass is 19.3. The predicted octanol–water partition coefficient (Wildman–Crippen LogP) is 2.95. The molecular formula is C19H23F2NO5. The lowest BCUT2D eigenvalue weighted by Crippen LogP contribution is -2.39. The summed E-state index contributed by atoms with van der Waals surface area (Å²) in [5.41, 5.74) is 0.806. The lowest BCUT2D eigenvalue weighted by atomic mass is 9.96. The minimum atomic E-state index is -2.94. The SMILES string of the molecule is COC(=O)[C@@H]1CC(c2ccc(OC(F)F)c(OCC3CC3)c2)CN1C(C)=O. The van der Waals surface area contributed by atoms with Crippen LogP contribution in [0, 0.1) is 5.92 Å². The van der Waals surface area contributed by atoms with Crippen molar-refractivity contribution in [1.29, 1.82) is 0 Å². The molecule has 1 unspecified atom stereocenters. The Morgan fingerprint density at radius 3 is 2.59 bits per heavy atom. The number of benzene rings is 1. The summed E-state index contributed by atoms with van der Waals surface area (Å²) in [7, 11) is 1.29. The van der Waals surface area contributed by atoms with Crippen LogP contribution in [-0.4, -0.2) is 49.7 Å². The highest BCUT2D eigenvalue weighted by molar-refractivity contribution is 5.84. The predicted molar refractivity (Wildman–Crippen MR) is 91.8 cm³/mol. The minimum Gasteiger partial charge on any atom is -0.489 e. The van der Waals surface area contributed by atoms with Crippen molar-refractivity contribution in [1.82, 2.24) is 4.90 Å². The van der Waals surface area contributed by atoms with E-state index in [1.807, 2.05) is 0 Å². The van der Waals surface area contributed by atoms with Crippen LogP contribution in [0.3, 0.4) is 0 Å². The average molecular weight is 383 g/mol. The summed E-state index contributed by atoms with van der Waals surface area (Å²) in [6.45, 7) is -0.727. The van der Waals surface area contributed by atoms with Gasteiger partial charge in [-0.2, -0.15) is 8.78 Å². The number of hydrogen-bond donors (Lipinski definition) is 0. The highest BCUT2D eigenvalue weighted by Gasteiger charge is 2.39. The number of rotatable bonds is 7. The van der Waals surface area contributed by atoms with Gasteiger partial charge in [0.2, 0.25) is 5.91 Å². The van der Waals surface area contributed by atoms with Crippen molar-refractivity contribution in [3.05, 3.63) is 23.8 Å². The first-order valence-electron chi connectivity index (χ1n) is 8.95. The molecule has 1 aromatic rings. The Kier molecular flexibility index (Phi) is 5.82. The molecule has 2 fully saturated rings. The lowest BCUT2D eigenvalue weighted by molar-refractivity contribution is -0.150. The van der Waals surface area contributed by atoms with Crippen LogP contribution in [0.15, 0.2) is 18.2 Å². The molecule has 1 saturated carbocycles. The summed E-state index contributed by atoms with van der Waals surface area (Å²) in [4.78, 5) is 25.3. The van der Waals surface area contributed by atoms with E-state index < -0.39 is 18.6 Å². The smallest absolute Gasteiger partial charge is 0.387 e. The largest absolute Gasteiger partial charge is 0.489 e. The molecule has 6 nitrogen and oxygen atoms in total. The number of ether oxygens (including phenoxy) is 3. The van der Waals surface area contributed by atoms with Crippen molar-refractivity contribution in [2.75, 3.05) is 20.3 Å². The molecule has 0 bridgehead atoms. The number of carbonyl (C=O) groups is 2. The number of nitrogens with zero attached hydrogens (tertiary/aromatic N) is 1. The normalized spacial score (nSPS) is 22.0. The van der Waals surface area contributed by atoms with Crippen LogP contribution >= 0.6 is 0 Å². The molecule has 148 valence electrons. The fourth-order valence-electron chi connectivity index (χ4n) is 3.36. The first-order valence-corrected chi connectivity index (χ1v) is 8.95. The first kappa shape index (κ1) is 19.4. The Hall–Kier alpha value is -2.38. The van der Waals surface area contributed by atoms with Gasteiger partial charge in [0, 0.05) is 19.4 Å². The average Bonchev–Trinajstić information content (AvgIpc) is 3.35. The zero-order valence-corrected chi connectivity index (χ0v) is 15.3. The fraction of sp³-hybridized carbons (Fsp3) is 0.579. The standard InChI is InChI=1S/C19H23F2NO5/c1-11(23)22-9-14(7-15(22)18(24)25-2)13-5-6-16(27-19(20)21)17(8-13)26-10-12-3-4-12/h5-6,8,12,14-15,19H,3-4,7,9-10H2,1-2H3/t14?,15-/m0/s1. The first-order chi connectivity index (χ1) is 12.9. The van der Waals surface area contributed by atoms with Gasteiger partial charge in [-0.25, -0.2) is 4.79 Å². The van der Waals surface area contributed by atoms with Crippen LogP contribution in [0.2, 0.25) is 0 Å². The van der Waals surface area contributed by atoms with Gasteiger partial charge in [-0.05, 0) is 42.9 Å². The monoisotopic (exact) mass is 383 g/mol. The fourth-order valence-corrected chi connectivity index (χ4v) is 3.36. The van der Waals surface area contributed by atoms with E-state index in [4.69, 9.17) is 9.47 Å². The van der Waals surface area contributed by atoms with Gasteiger partial charge in [-0.3, -0.25) is 4.79 Å². The van der Waals surface area contributed by atoms with Crippen LogP contribution in [0.25, 0.3) is 0 Å². The molecule has 1 aromatic carbocycles. The highest BCUT2D eigenvalue weighted by Crippen LogP contribution is 2.39. The van der Waals surface area contributed by atoms with Gasteiger partial charge in [0.15, 0.2) is 11.5 Å². The summed E-state index contributed by atoms with van der Waals surface area (Å²) < 4.78 is 40.4. The van der Waals surface area contributed by atoms with Gasteiger partial charge in [0.1, 0.15) is 6.04 Å². The van der Waals surface area contributed by atoms with Gasteiger partial charge in [-0.1, -0.05) is 6.07 Å². The molecular weight excluding hydrogens is 360 g/mol. The molecule has 0 N–H and O–H groups in total. The molecule has 3 rings (SSSR count).